The predicted molar refractivity (Wildman–Crippen MR) is 89.9 cm³/mol. The first-order valence-corrected chi connectivity index (χ1v) is 8.13. The Balaban J connectivity index is 1.78. The number of nitrogens with zero attached hydrogens (tertiary/aromatic N) is 1. The monoisotopic (exact) mass is 336 g/mol. The van der Waals surface area contributed by atoms with Crippen molar-refractivity contribution in [3.8, 4) is 0 Å². The molecule has 1 fully saturated rings. The second-order valence-corrected chi connectivity index (χ2v) is 6.39. The Bertz CT molecular complexity index is 621. The third-order valence-electron chi connectivity index (χ3n) is 4.47. The van der Waals surface area contributed by atoms with E-state index in [0.717, 1.165) is 31.6 Å². The van der Waals surface area contributed by atoms with Gasteiger partial charge in [0.1, 0.15) is 5.82 Å². The molecular weight excluding hydrogens is 311 g/mol. The fourth-order valence-electron chi connectivity index (χ4n) is 2.98. The highest BCUT2D eigenvalue weighted by Gasteiger charge is 2.23. The Morgan fingerprint density at radius 3 is 2.79 bits per heavy atom. The van der Waals surface area contributed by atoms with Crippen molar-refractivity contribution in [2.75, 3.05) is 26.2 Å². The van der Waals surface area contributed by atoms with Crippen LogP contribution in [0.2, 0.25) is 0 Å². The van der Waals surface area contributed by atoms with E-state index < -0.39 is 6.03 Å². The van der Waals surface area contributed by atoms with Crippen molar-refractivity contribution in [2.24, 2.45) is 11.7 Å². The number of hydrogen-bond acceptors (Lipinski definition) is 3. The topological polar surface area (TPSA) is 87.5 Å². The zero-order valence-corrected chi connectivity index (χ0v) is 14.2. The molecular formula is C17H25FN4O2. The standard InChI is InChI=1S/C17H25FN4O2/c1-11-3-4-14(12(2)16(11)18)10-22-6-5-13(9-22)7-20-15(23)8-21-17(19)24/h3-4,13H,5-10H2,1-2H3,(H,20,23)(H3,19,21,24)/t13-/m1/s1. The number of primary amides is 1. The first-order valence-electron chi connectivity index (χ1n) is 8.13. The van der Waals surface area contributed by atoms with Gasteiger partial charge in [-0.25, -0.2) is 9.18 Å². The SMILES string of the molecule is Cc1ccc(CN2CC[C@H](CNC(=O)CNC(N)=O)C2)c(C)c1F. The van der Waals surface area contributed by atoms with Crippen molar-refractivity contribution in [1.29, 1.82) is 0 Å². The molecule has 0 radical (unpaired) electrons. The minimum atomic E-state index is -0.710. The van der Waals surface area contributed by atoms with Crippen molar-refractivity contribution in [3.63, 3.8) is 0 Å². The van der Waals surface area contributed by atoms with Crippen LogP contribution >= 0.6 is 0 Å². The van der Waals surface area contributed by atoms with Crippen LogP contribution in [0.1, 0.15) is 23.1 Å². The third-order valence-corrected chi connectivity index (χ3v) is 4.47. The number of carbonyl (C=O) groups excluding carboxylic acids is 2. The molecule has 0 spiro atoms. The minimum absolute atomic E-state index is 0.104. The van der Waals surface area contributed by atoms with Crippen LogP contribution < -0.4 is 16.4 Å². The summed E-state index contributed by atoms with van der Waals surface area (Å²) in [4.78, 5) is 24.4. The first-order chi connectivity index (χ1) is 11.4. The van der Waals surface area contributed by atoms with Gasteiger partial charge in [0.05, 0.1) is 6.54 Å². The van der Waals surface area contributed by atoms with Gasteiger partial charge in [-0.1, -0.05) is 12.1 Å². The summed E-state index contributed by atoms with van der Waals surface area (Å²) in [5.74, 6) is -0.0145. The van der Waals surface area contributed by atoms with Gasteiger partial charge in [-0.2, -0.15) is 0 Å². The van der Waals surface area contributed by atoms with Gasteiger partial charge in [0, 0.05) is 19.6 Å². The van der Waals surface area contributed by atoms with Crippen LogP contribution in [-0.4, -0.2) is 43.0 Å². The molecule has 0 aliphatic carbocycles. The number of amides is 3. The van der Waals surface area contributed by atoms with E-state index in [1.165, 1.54) is 0 Å². The van der Waals surface area contributed by atoms with Crippen molar-refractivity contribution in [1.82, 2.24) is 15.5 Å². The van der Waals surface area contributed by atoms with Gasteiger partial charge >= 0.3 is 6.03 Å². The summed E-state index contributed by atoms with van der Waals surface area (Å²) in [5.41, 5.74) is 7.31. The van der Waals surface area contributed by atoms with Gasteiger partial charge in [-0.15, -0.1) is 0 Å². The highest BCUT2D eigenvalue weighted by molar-refractivity contribution is 5.83. The van der Waals surface area contributed by atoms with Crippen LogP contribution in [-0.2, 0) is 11.3 Å². The van der Waals surface area contributed by atoms with Crippen LogP contribution in [0.5, 0.6) is 0 Å². The normalized spacial score (nSPS) is 17.7. The number of nitrogens with one attached hydrogen (secondary N) is 2. The lowest BCUT2D eigenvalue weighted by Crippen LogP contribution is -2.41. The molecule has 4 N–H and O–H groups in total. The summed E-state index contributed by atoms with van der Waals surface area (Å²) in [6.07, 6.45) is 0.983. The minimum Gasteiger partial charge on any atom is -0.354 e. The van der Waals surface area contributed by atoms with E-state index >= 15 is 0 Å². The van der Waals surface area contributed by atoms with E-state index in [1.807, 2.05) is 19.1 Å². The molecule has 0 unspecified atom stereocenters. The average Bonchev–Trinajstić information content (AvgIpc) is 2.99. The molecule has 1 saturated heterocycles. The van der Waals surface area contributed by atoms with Crippen molar-refractivity contribution >= 4 is 11.9 Å². The molecule has 24 heavy (non-hydrogen) atoms. The summed E-state index contributed by atoms with van der Waals surface area (Å²) in [6, 6.07) is 3.09. The summed E-state index contributed by atoms with van der Waals surface area (Å²) >= 11 is 0. The molecule has 1 aliphatic rings. The van der Waals surface area contributed by atoms with Crippen molar-refractivity contribution in [3.05, 3.63) is 34.6 Å². The predicted octanol–water partition coefficient (Wildman–Crippen LogP) is 1.05. The summed E-state index contributed by atoms with van der Waals surface area (Å²) in [5, 5.41) is 5.06. The number of aryl methyl sites for hydroxylation is 1. The number of urea groups is 1. The largest absolute Gasteiger partial charge is 0.354 e. The second-order valence-electron chi connectivity index (χ2n) is 6.39. The zero-order chi connectivity index (χ0) is 17.7. The van der Waals surface area contributed by atoms with Gasteiger partial charge in [-0.05, 0) is 49.4 Å². The smallest absolute Gasteiger partial charge is 0.312 e. The van der Waals surface area contributed by atoms with Crippen LogP contribution in [0.15, 0.2) is 12.1 Å². The average molecular weight is 336 g/mol. The molecule has 1 aromatic carbocycles. The fourth-order valence-corrected chi connectivity index (χ4v) is 2.98. The lowest BCUT2D eigenvalue weighted by Gasteiger charge is -2.18. The Labute approximate surface area is 141 Å². The van der Waals surface area contributed by atoms with Gasteiger partial charge in [0.25, 0.3) is 0 Å². The Morgan fingerprint density at radius 1 is 1.33 bits per heavy atom. The summed E-state index contributed by atoms with van der Waals surface area (Å²) < 4.78 is 14.0. The van der Waals surface area contributed by atoms with E-state index in [9.17, 15) is 14.0 Å². The van der Waals surface area contributed by atoms with Crippen molar-refractivity contribution < 1.29 is 14.0 Å². The van der Waals surface area contributed by atoms with E-state index in [1.54, 1.807) is 6.92 Å². The first kappa shape index (κ1) is 18.2. The van der Waals surface area contributed by atoms with E-state index in [-0.39, 0.29) is 18.3 Å². The molecule has 0 aromatic heterocycles. The molecule has 0 saturated carbocycles. The van der Waals surface area contributed by atoms with Gasteiger partial charge in [0.15, 0.2) is 0 Å². The highest BCUT2D eigenvalue weighted by Crippen LogP contribution is 2.22. The second kappa shape index (κ2) is 8.10. The van der Waals surface area contributed by atoms with E-state index in [4.69, 9.17) is 5.73 Å². The maximum atomic E-state index is 14.0. The Kier molecular flexibility index (Phi) is 6.14. The molecule has 1 aliphatic heterocycles. The van der Waals surface area contributed by atoms with Gasteiger partial charge in [-0.3, -0.25) is 9.69 Å². The number of rotatable bonds is 6. The molecule has 0 bridgehead atoms. The van der Waals surface area contributed by atoms with Gasteiger partial charge < -0.3 is 16.4 Å². The van der Waals surface area contributed by atoms with Gasteiger partial charge in [0.2, 0.25) is 5.91 Å². The molecule has 2 rings (SSSR count). The number of hydrogen-bond donors (Lipinski definition) is 3. The molecule has 6 nitrogen and oxygen atoms in total. The van der Waals surface area contributed by atoms with Crippen LogP contribution in [0.25, 0.3) is 0 Å². The third kappa shape index (κ3) is 4.92. The Hall–Kier alpha value is -2.15. The van der Waals surface area contributed by atoms with Crippen LogP contribution in [0.4, 0.5) is 9.18 Å². The molecule has 1 heterocycles. The molecule has 1 aromatic rings. The number of likely N-dealkylation sites (tertiary alicyclic amines) is 1. The zero-order valence-electron chi connectivity index (χ0n) is 14.2. The summed E-state index contributed by atoms with van der Waals surface area (Å²) in [7, 11) is 0. The fraction of sp³-hybridized carbons (Fsp3) is 0.529. The number of nitrogens with two attached hydrogens (primary N) is 1. The maximum Gasteiger partial charge on any atom is 0.312 e. The number of halogens is 1. The lowest BCUT2D eigenvalue weighted by atomic mass is 10.0. The molecule has 3 amide bonds. The van der Waals surface area contributed by atoms with Crippen molar-refractivity contribution in [2.45, 2.75) is 26.8 Å². The van der Waals surface area contributed by atoms with E-state index in [0.29, 0.717) is 23.6 Å². The quantitative estimate of drug-likeness (QED) is 0.725. The molecule has 1 atom stereocenters. The number of benzene rings is 1. The number of carbonyl (C=O) groups is 2. The highest BCUT2D eigenvalue weighted by atomic mass is 19.1. The van der Waals surface area contributed by atoms with Crippen LogP contribution in [0, 0.1) is 25.6 Å². The lowest BCUT2D eigenvalue weighted by molar-refractivity contribution is -0.120. The molecule has 7 heteroatoms. The van der Waals surface area contributed by atoms with E-state index in [2.05, 4.69) is 15.5 Å². The molecule has 132 valence electrons. The Morgan fingerprint density at radius 2 is 2.08 bits per heavy atom. The maximum absolute atomic E-state index is 14.0. The van der Waals surface area contributed by atoms with Crippen LogP contribution in [0.3, 0.4) is 0 Å². The summed E-state index contributed by atoms with van der Waals surface area (Å²) in [6.45, 7) is 6.56.